The predicted molar refractivity (Wildman–Crippen MR) is 101 cm³/mol. The standard InChI is InChI=1S/C19H23ClN2O3/c1-5-25-17-9-7-15(11-16(17)20)13(2)22-21-12-14-6-8-18(23-3)19(10-14)24-4/h6-11,21H,5,12H2,1-4H3/b22-13-. The molecule has 0 radical (unpaired) electrons. The molecular weight excluding hydrogens is 340 g/mol. The van der Waals surface area contributed by atoms with Crippen LogP contribution in [0.5, 0.6) is 17.2 Å². The van der Waals surface area contributed by atoms with Crippen LogP contribution < -0.4 is 19.6 Å². The number of nitrogens with zero attached hydrogens (tertiary/aromatic N) is 1. The third-order valence-corrected chi connectivity index (χ3v) is 3.92. The van der Waals surface area contributed by atoms with Gasteiger partial charge in [0.2, 0.25) is 0 Å². The van der Waals surface area contributed by atoms with E-state index in [-0.39, 0.29) is 0 Å². The molecule has 0 aromatic heterocycles. The van der Waals surface area contributed by atoms with Gasteiger partial charge in [-0.3, -0.25) is 0 Å². The fourth-order valence-corrected chi connectivity index (χ4v) is 2.54. The Balaban J connectivity index is 2.03. The van der Waals surface area contributed by atoms with Crippen LogP contribution in [0.2, 0.25) is 5.02 Å². The van der Waals surface area contributed by atoms with Gasteiger partial charge in [-0.1, -0.05) is 17.7 Å². The van der Waals surface area contributed by atoms with Gasteiger partial charge in [-0.25, -0.2) is 0 Å². The molecule has 0 spiro atoms. The summed E-state index contributed by atoms with van der Waals surface area (Å²) in [7, 11) is 3.23. The molecule has 0 saturated carbocycles. The summed E-state index contributed by atoms with van der Waals surface area (Å²) in [5, 5.41) is 4.98. The molecule has 0 amide bonds. The highest BCUT2D eigenvalue weighted by Gasteiger charge is 2.06. The Bertz CT molecular complexity index is 747. The minimum absolute atomic E-state index is 0.572. The molecule has 5 nitrogen and oxygen atoms in total. The smallest absolute Gasteiger partial charge is 0.161 e. The van der Waals surface area contributed by atoms with Crippen LogP contribution in [0.4, 0.5) is 0 Å². The maximum absolute atomic E-state index is 6.22. The minimum Gasteiger partial charge on any atom is -0.493 e. The molecule has 0 aliphatic carbocycles. The lowest BCUT2D eigenvalue weighted by molar-refractivity contribution is 0.340. The Labute approximate surface area is 153 Å². The van der Waals surface area contributed by atoms with Crippen LogP contribution in [0, 0.1) is 0 Å². The Hall–Kier alpha value is -2.40. The molecule has 25 heavy (non-hydrogen) atoms. The lowest BCUT2D eigenvalue weighted by Gasteiger charge is -2.10. The van der Waals surface area contributed by atoms with Crippen molar-refractivity contribution in [3.8, 4) is 17.2 Å². The zero-order valence-corrected chi connectivity index (χ0v) is 15.7. The molecule has 0 fully saturated rings. The van der Waals surface area contributed by atoms with Gasteiger partial charge >= 0.3 is 0 Å². The van der Waals surface area contributed by atoms with Gasteiger partial charge < -0.3 is 19.6 Å². The average molecular weight is 363 g/mol. The van der Waals surface area contributed by atoms with Crippen molar-refractivity contribution in [2.24, 2.45) is 5.10 Å². The van der Waals surface area contributed by atoms with Gasteiger partial charge in [0.05, 0.1) is 38.1 Å². The van der Waals surface area contributed by atoms with Gasteiger partial charge in [-0.2, -0.15) is 5.10 Å². The summed E-state index contributed by atoms with van der Waals surface area (Å²) in [6, 6.07) is 11.4. The number of rotatable bonds is 8. The van der Waals surface area contributed by atoms with E-state index < -0.39 is 0 Å². The maximum Gasteiger partial charge on any atom is 0.161 e. The summed E-state index contributed by atoms with van der Waals surface area (Å²) in [6.07, 6.45) is 0. The first-order chi connectivity index (χ1) is 12.1. The molecule has 2 rings (SSSR count). The number of hydrazone groups is 1. The monoisotopic (exact) mass is 362 g/mol. The third kappa shape index (κ3) is 5.03. The van der Waals surface area contributed by atoms with Gasteiger partial charge in [0.25, 0.3) is 0 Å². The Morgan fingerprint density at radius 2 is 1.76 bits per heavy atom. The molecule has 0 aliphatic heterocycles. The molecule has 134 valence electrons. The highest BCUT2D eigenvalue weighted by atomic mass is 35.5. The lowest BCUT2D eigenvalue weighted by Crippen LogP contribution is -2.09. The Morgan fingerprint density at radius 3 is 2.40 bits per heavy atom. The highest BCUT2D eigenvalue weighted by molar-refractivity contribution is 6.32. The van der Waals surface area contributed by atoms with Gasteiger partial charge in [0, 0.05) is 0 Å². The minimum atomic E-state index is 0.572. The summed E-state index contributed by atoms with van der Waals surface area (Å²) in [5.41, 5.74) is 5.88. The summed E-state index contributed by atoms with van der Waals surface area (Å²) >= 11 is 6.22. The first-order valence-corrected chi connectivity index (χ1v) is 8.37. The van der Waals surface area contributed by atoms with E-state index in [1.54, 1.807) is 14.2 Å². The number of methoxy groups -OCH3 is 2. The van der Waals surface area contributed by atoms with E-state index in [1.807, 2.05) is 50.2 Å². The topological polar surface area (TPSA) is 52.1 Å². The van der Waals surface area contributed by atoms with Crippen LogP contribution in [0.25, 0.3) is 0 Å². The molecule has 6 heteroatoms. The third-order valence-electron chi connectivity index (χ3n) is 3.63. The van der Waals surface area contributed by atoms with Gasteiger partial charge in [-0.15, -0.1) is 0 Å². The summed E-state index contributed by atoms with van der Waals surface area (Å²) < 4.78 is 16.0. The van der Waals surface area contributed by atoms with Crippen molar-refractivity contribution in [3.05, 3.63) is 52.5 Å². The second kappa shape index (κ2) is 9.18. The quantitative estimate of drug-likeness (QED) is 0.562. The SMILES string of the molecule is CCOc1ccc(/C(C)=N\NCc2ccc(OC)c(OC)c2)cc1Cl. The van der Waals surface area contributed by atoms with E-state index in [0.29, 0.717) is 35.4 Å². The van der Waals surface area contributed by atoms with Crippen LogP contribution in [0.3, 0.4) is 0 Å². The largest absolute Gasteiger partial charge is 0.493 e. The van der Waals surface area contributed by atoms with Crippen molar-refractivity contribution >= 4 is 17.3 Å². The molecule has 0 saturated heterocycles. The molecule has 2 aromatic rings. The Kier molecular flexibility index (Phi) is 6.95. The number of halogens is 1. The second-order valence-electron chi connectivity index (χ2n) is 5.30. The molecule has 0 bridgehead atoms. The number of nitrogens with one attached hydrogen (secondary N) is 1. The zero-order chi connectivity index (χ0) is 18.2. The fraction of sp³-hybridized carbons (Fsp3) is 0.316. The number of ether oxygens (including phenoxy) is 3. The van der Waals surface area contributed by atoms with E-state index in [2.05, 4.69) is 10.5 Å². The number of hydrogen-bond acceptors (Lipinski definition) is 5. The molecule has 0 aliphatic rings. The van der Waals surface area contributed by atoms with Crippen molar-refractivity contribution < 1.29 is 14.2 Å². The first-order valence-electron chi connectivity index (χ1n) is 7.99. The molecule has 1 N–H and O–H groups in total. The number of hydrogen-bond donors (Lipinski definition) is 1. The number of benzene rings is 2. The van der Waals surface area contributed by atoms with E-state index in [0.717, 1.165) is 16.8 Å². The van der Waals surface area contributed by atoms with Crippen molar-refractivity contribution in [2.45, 2.75) is 20.4 Å². The molecule has 2 aromatic carbocycles. The van der Waals surface area contributed by atoms with Gasteiger partial charge in [0.1, 0.15) is 5.75 Å². The van der Waals surface area contributed by atoms with Crippen molar-refractivity contribution in [2.75, 3.05) is 20.8 Å². The first kappa shape index (κ1) is 18.9. The van der Waals surface area contributed by atoms with E-state index >= 15 is 0 Å². The second-order valence-corrected chi connectivity index (χ2v) is 5.71. The summed E-state index contributed by atoms with van der Waals surface area (Å²) in [5.74, 6) is 2.08. The highest BCUT2D eigenvalue weighted by Crippen LogP contribution is 2.27. The fourth-order valence-electron chi connectivity index (χ4n) is 2.30. The van der Waals surface area contributed by atoms with Crippen molar-refractivity contribution in [3.63, 3.8) is 0 Å². The average Bonchev–Trinajstić information content (AvgIpc) is 2.63. The van der Waals surface area contributed by atoms with Crippen LogP contribution in [0.15, 0.2) is 41.5 Å². The van der Waals surface area contributed by atoms with Gasteiger partial charge in [0.15, 0.2) is 11.5 Å². The van der Waals surface area contributed by atoms with Crippen molar-refractivity contribution in [1.29, 1.82) is 0 Å². The lowest BCUT2D eigenvalue weighted by atomic mass is 10.1. The van der Waals surface area contributed by atoms with Crippen LogP contribution in [0.1, 0.15) is 25.0 Å². The summed E-state index contributed by atoms with van der Waals surface area (Å²) in [6.45, 7) is 5.00. The molecule has 0 unspecified atom stereocenters. The predicted octanol–water partition coefficient (Wildman–Crippen LogP) is 4.27. The van der Waals surface area contributed by atoms with E-state index in [4.69, 9.17) is 25.8 Å². The van der Waals surface area contributed by atoms with Crippen LogP contribution in [-0.2, 0) is 6.54 Å². The van der Waals surface area contributed by atoms with Crippen molar-refractivity contribution in [1.82, 2.24) is 5.43 Å². The molecule has 0 heterocycles. The maximum atomic E-state index is 6.22. The van der Waals surface area contributed by atoms with E-state index in [1.165, 1.54) is 0 Å². The Morgan fingerprint density at radius 1 is 1.04 bits per heavy atom. The van der Waals surface area contributed by atoms with Crippen LogP contribution >= 0.6 is 11.6 Å². The molecule has 0 atom stereocenters. The zero-order valence-electron chi connectivity index (χ0n) is 14.9. The van der Waals surface area contributed by atoms with E-state index in [9.17, 15) is 0 Å². The summed E-state index contributed by atoms with van der Waals surface area (Å²) in [4.78, 5) is 0. The molecular formula is C19H23ClN2O3. The van der Waals surface area contributed by atoms with Gasteiger partial charge in [-0.05, 0) is 55.3 Å². The van der Waals surface area contributed by atoms with Crippen LogP contribution in [-0.4, -0.2) is 26.5 Å². The normalized spacial score (nSPS) is 11.2.